The number of hydrogen-bond acceptors (Lipinski definition) is 4. The summed E-state index contributed by atoms with van der Waals surface area (Å²) in [5, 5.41) is 12.0. The van der Waals surface area contributed by atoms with Gasteiger partial charge in [-0.15, -0.1) is 0 Å². The molecule has 5 heteroatoms. The molecule has 1 atom stereocenters. The van der Waals surface area contributed by atoms with Gasteiger partial charge in [-0.25, -0.2) is 4.79 Å². The molecule has 0 spiro atoms. The highest BCUT2D eigenvalue weighted by molar-refractivity contribution is 6.31. The Labute approximate surface area is 150 Å². The van der Waals surface area contributed by atoms with Crippen molar-refractivity contribution >= 4 is 22.6 Å². The first-order valence-electron chi connectivity index (χ1n) is 8.40. The van der Waals surface area contributed by atoms with Crippen LogP contribution >= 0.6 is 11.6 Å². The highest BCUT2D eigenvalue weighted by Crippen LogP contribution is 2.39. The molecule has 4 nitrogen and oxygen atoms in total. The van der Waals surface area contributed by atoms with Crippen molar-refractivity contribution in [2.75, 3.05) is 13.1 Å². The molecule has 0 radical (unpaired) electrons. The predicted molar refractivity (Wildman–Crippen MR) is 98.3 cm³/mol. The monoisotopic (exact) mass is 355 g/mol. The molecule has 0 amide bonds. The van der Waals surface area contributed by atoms with Crippen LogP contribution in [0.4, 0.5) is 0 Å². The largest absolute Gasteiger partial charge is 0.507 e. The van der Waals surface area contributed by atoms with Crippen LogP contribution in [0.25, 0.3) is 11.0 Å². The lowest BCUT2D eigenvalue weighted by Crippen LogP contribution is -2.30. The van der Waals surface area contributed by atoms with E-state index in [-0.39, 0.29) is 11.3 Å². The zero-order valence-electron chi connectivity index (χ0n) is 13.6. The van der Waals surface area contributed by atoms with E-state index in [2.05, 4.69) is 4.90 Å². The number of aromatic hydroxyl groups is 1. The van der Waals surface area contributed by atoms with Gasteiger partial charge < -0.3 is 9.52 Å². The van der Waals surface area contributed by atoms with Gasteiger partial charge in [0.1, 0.15) is 16.9 Å². The Morgan fingerprint density at radius 1 is 1.04 bits per heavy atom. The second-order valence-electron chi connectivity index (χ2n) is 6.32. The van der Waals surface area contributed by atoms with Gasteiger partial charge >= 0.3 is 5.63 Å². The van der Waals surface area contributed by atoms with Crippen molar-refractivity contribution in [1.82, 2.24) is 4.90 Å². The number of hydrogen-bond donors (Lipinski definition) is 1. The van der Waals surface area contributed by atoms with E-state index >= 15 is 0 Å². The predicted octanol–water partition coefficient (Wildman–Crippen LogP) is 4.34. The Bertz CT molecular complexity index is 976. The van der Waals surface area contributed by atoms with E-state index in [0.717, 1.165) is 31.5 Å². The van der Waals surface area contributed by atoms with E-state index in [9.17, 15) is 9.90 Å². The normalized spacial score (nSPS) is 16.4. The number of benzene rings is 2. The standard InChI is InChI=1S/C20H18ClNO3/c21-15-9-3-1-7-13(15)18(22-11-5-6-12-22)17-19(23)14-8-2-4-10-16(14)25-20(17)24/h1-4,7-10,18,23H,5-6,11-12H2. The molecule has 1 fully saturated rings. The van der Waals surface area contributed by atoms with E-state index in [1.54, 1.807) is 24.3 Å². The van der Waals surface area contributed by atoms with Crippen LogP contribution in [-0.4, -0.2) is 23.1 Å². The number of halogens is 1. The summed E-state index contributed by atoms with van der Waals surface area (Å²) in [7, 11) is 0. The molecule has 0 saturated carbocycles. The minimum atomic E-state index is -0.520. The van der Waals surface area contributed by atoms with Crippen LogP contribution in [0, 0.1) is 0 Å². The molecule has 128 valence electrons. The van der Waals surface area contributed by atoms with Crippen LogP contribution in [0.5, 0.6) is 5.75 Å². The van der Waals surface area contributed by atoms with Gasteiger partial charge in [0.25, 0.3) is 0 Å². The molecule has 2 aromatic carbocycles. The molecular weight excluding hydrogens is 338 g/mol. The van der Waals surface area contributed by atoms with Gasteiger partial charge in [-0.05, 0) is 49.7 Å². The highest BCUT2D eigenvalue weighted by atomic mass is 35.5. The molecule has 25 heavy (non-hydrogen) atoms. The lowest BCUT2D eigenvalue weighted by molar-refractivity contribution is 0.269. The summed E-state index contributed by atoms with van der Waals surface area (Å²) >= 11 is 6.43. The molecule has 1 aliphatic rings. The fraction of sp³-hybridized carbons (Fsp3) is 0.250. The second-order valence-corrected chi connectivity index (χ2v) is 6.72. The fourth-order valence-electron chi connectivity index (χ4n) is 3.62. The first-order chi connectivity index (χ1) is 12.2. The van der Waals surface area contributed by atoms with Gasteiger partial charge in [-0.1, -0.05) is 41.9 Å². The Balaban J connectivity index is 1.98. The first kappa shape index (κ1) is 16.2. The van der Waals surface area contributed by atoms with Gasteiger partial charge in [0.15, 0.2) is 0 Å². The van der Waals surface area contributed by atoms with E-state index in [4.69, 9.17) is 16.0 Å². The van der Waals surface area contributed by atoms with Gasteiger partial charge in [-0.3, -0.25) is 4.90 Å². The third-order valence-electron chi connectivity index (χ3n) is 4.80. The average Bonchev–Trinajstić information content (AvgIpc) is 3.14. The lowest BCUT2D eigenvalue weighted by atomic mass is 9.96. The maximum absolute atomic E-state index is 12.7. The van der Waals surface area contributed by atoms with Crippen molar-refractivity contribution < 1.29 is 9.52 Å². The number of fused-ring (bicyclic) bond motifs is 1. The Hall–Kier alpha value is -2.30. The molecule has 3 aromatic rings. The number of nitrogens with zero attached hydrogens (tertiary/aromatic N) is 1. The molecule has 4 rings (SSSR count). The van der Waals surface area contributed by atoms with Crippen LogP contribution in [0.1, 0.15) is 30.0 Å². The topological polar surface area (TPSA) is 53.7 Å². The SMILES string of the molecule is O=c1oc2ccccc2c(O)c1C(c1ccccc1Cl)N1CCCC1. The third-order valence-corrected chi connectivity index (χ3v) is 5.14. The Morgan fingerprint density at radius 2 is 1.72 bits per heavy atom. The zero-order valence-corrected chi connectivity index (χ0v) is 14.4. The van der Waals surface area contributed by atoms with Gasteiger partial charge in [-0.2, -0.15) is 0 Å². The van der Waals surface area contributed by atoms with E-state index in [1.165, 1.54) is 0 Å². The maximum Gasteiger partial charge on any atom is 0.345 e. The Morgan fingerprint density at radius 3 is 2.48 bits per heavy atom. The minimum absolute atomic E-state index is 0.0244. The molecule has 2 heterocycles. The molecule has 1 saturated heterocycles. The van der Waals surface area contributed by atoms with Gasteiger partial charge in [0.2, 0.25) is 0 Å². The average molecular weight is 356 g/mol. The minimum Gasteiger partial charge on any atom is -0.507 e. The van der Waals surface area contributed by atoms with Crippen molar-refractivity contribution in [2.24, 2.45) is 0 Å². The zero-order chi connectivity index (χ0) is 17.4. The lowest BCUT2D eigenvalue weighted by Gasteiger charge is -2.28. The van der Waals surface area contributed by atoms with E-state index < -0.39 is 11.7 Å². The van der Waals surface area contributed by atoms with Crippen LogP contribution < -0.4 is 5.63 Å². The maximum atomic E-state index is 12.7. The molecule has 1 unspecified atom stereocenters. The molecule has 0 aliphatic carbocycles. The number of para-hydroxylation sites is 1. The summed E-state index contributed by atoms with van der Waals surface area (Å²) in [6.45, 7) is 1.70. The smallest absolute Gasteiger partial charge is 0.345 e. The van der Waals surface area contributed by atoms with Crippen molar-refractivity contribution in [3.63, 3.8) is 0 Å². The summed E-state index contributed by atoms with van der Waals surface area (Å²) in [6.07, 6.45) is 2.11. The van der Waals surface area contributed by atoms with Gasteiger partial charge in [0, 0.05) is 5.02 Å². The summed E-state index contributed by atoms with van der Waals surface area (Å²) in [4.78, 5) is 14.9. The van der Waals surface area contributed by atoms with Crippen molar-refractivity contribution in [1.29, 1.82) is 0 Å². The second kappa shape index (κ2) is 6.54. The summed E-state index contributed by atoms with van der Waals surface area (Å²) in [6, 6.07) is 14.1. The third kappa shape index (κ3) is 2.81. The summed E-state index contributed by atoms with van der Waals surface area (Å²) < 4.78 is 5.49. The first-order valence-corrected chi connectivity index (χ1v) is 8.78. The highest BCUT2D eigenvalue weighted by Gasteiger charge is 2.32. The van der Waals surface area contributed by atoms with Crippen LogP contribution in [0.15, 0.2) is 57.7 Å². The van der Waals surface area contributed by atoms with Gasteiger partial charge in [0.05, 0.1) is 11.4 Å². The van der Waals surface area contributed by atoms with Crippen molar-refractivity contribution in [3.8, 4) is 5.75 Å². The Kier molecular flexibility index (Phi) is 4.24. The summed E-state index contributed by atoms with van der Waals surface area (Å²) in [5.41, 5.74) is 0.929. The molecule has 1 N–H and O–H groups in total. The molecule has 1 aliphatic heterocycles. The van der Waals surface area contributed by atoms with Crippen molar-refractivity contribution in [3.05, 3.63) is 75.1 Å². The van der Waals surface area contributed by atoms with Crippen LogP contribution in [-0.2, 0) is 0 Å². The quantitative estimate of drug-likeness (QED) is 0.710. The van der Waals surface area contributed by atoms with Crippen LogP contribution in [0.2, 0.25) is 5.02 Å². The molecular formula is C20H18ClNO3. The van der Waals surface area contributed by atoms with E-state index in [1.807, 2.05) is 24.3 Å². The van der Waals surface area contributed by atoms with E-state index in [0.29, 0.717) is 16.0 Å². The number of likely N-dealkylation sites (tertiary alicyclic amines) is 1. The van der Waals surface area contributed by atoms with Crippen LogP contribution in [0.3, 0.4) is 0 Å². The van der Waals surface area contributed by atoms with Crippen molar-refractivity contribution in [2.45, 2.75) is 18.9 Å². The molecule has 1 aromatic heterocycles. The fourth-order valence-corrected chi connectivity index (χ4v) is 3.86. The summed E-state index contributed by atoms with van der Waals surface area (Å²) in [5.74, 6) is -0.0244. The molecule has 0 bridgehead atoms. The number of rotatable bonds is 3.